The van der Waals surface area contributed by atoms with Crippen LogP contribution in [0.15, 0.2) is 51.4 Å². The van der Waals surface area contributed by atoms with E-state index in [9.17, 15) is 0 Å². The maximum atomic E-state index is 15.0. The Morgan fingerprint density at radius 2 is 1.78 bits per heavy atom. The second-order valence-electron chi connectivity index (χ2n) is 7.34. The topological polar surface area (TPSA) is 86.7 Å². The highest BCUT2D eigenvalue weighted by atomic mass is 19.1. The summed E-state index contributed by atoms with van der Waals surface area (Å²) in [4.78, 5) is 1.93. The smallest absolute Gasteiger partial charge is 0.254 e. The van der Waals surface area contributed by atoms with Crippen molar-refractivity contribution in [3.8, 4) is 39.9 Å². The molecular formula is C23H21FN4O4. The molecule has 0 aliphatic carbocycles. The number of benzene rings is 2. The summed E-state index contributed by atoms with van der Waals surface area (Å²) >= 11 is 0. The molecule has 0 amide bonds. The van der Waals surface area contributed by atoms with Gasteiger partial charge < -0.3 is 23.3 Å². The molecule has 0 radical (unpaired) electrons. The fourth-order valence-corrected chi connectivity index (χ4v) is 3.78. The molecule has 9 heteroatoms. The Bertz CT molecular complexity index is 1230. The predicted octanol–water partition coefficient (Wildman–Crippen LogP) is 4.35. The molecule has 0 saturated carbocycles. The molecule has 5 rings (SSSR count). The van der Waals surface area contributed by atoms with Crippen LogP contribution in [0.4, 0.5) is 10.1 Å². The lowest BCUT2D eigenvalue weighted by Gasteiger charge is -2.29. The normalized spacial score (nSPS) is 14.0. The molecule has 2 aromatic carbocycles. The Labute approximate surface area is 183 Å². The molecule has 1 fully saturated rings. The third kappa shape index (κ3) is 3.60. The van der Waals surface area contributed by atoms with E-state index in [2.05, 4.69) is 15.4 Å². The van der Waals surface area contributed by atoms with E-state index in [4.69, 9.17) is 18.4 Å². The van der Waals surface area contributed by atoms with Crippen molar-refractivity contribution in [1.29, 1.82) is 0 Å². The van der Waals surface area contributed by atoms with Crippen molar-refractivity contribution in [2.45, 2.75) is 6.92 Å². The van der Waals surface area contributed by atoms with Crippen LogP contribution in [0.1, 0.15) is 5.76 Å². The quantitative estimate of drug-likeness (QED) is 0.456. The van der Waals surface area contributed by atoms with Crippen molar-refractivity contribution in [2.75, 3.05) is 38.3 Å². The summed E-state index contributed by atoms with van der Waals surface area (Å²) in [5, 5.41) is 12.5. The van der Waals surface area contributed by atoms with E-state index in [1.807, 2.05) is 35.2 Å². The largest absolute Gasteiger partial charge is 0.496 e. The summed E-state index contributed by atoms with van der Waals surface area (Å²) in [7, 11) is 1.52. The van der Waals surface area contributed by atoms with Crippen molar-refractivity contribution in [3.05, 3.63) is 54.0 Å². The maximum Gasteiger partial charge on any atom is 0.254 e. The van der Waals surface area contributed by atoms with Gasteiger partial charge >= 0.3 is 0 Å². The van der Waals surface area contributed by atoms with Gasteiger partial charge in [0.25, 0.3) is 11.8 Å². The molecule has 2 aromatic heterocycles. The third-order valence-corrected chi connectivity index (χ3v) is 5.40. The van der Waals surface area contributed by atoms with Gasteiger partial charge in [-0.1, -0.05) is 35.5 Å². The van der Waals surface area contributed by atoms with Crippen LogP contribution < -0.4 is 9.64 Å². The Morgan fingerprint density at radius 1 is 1.03 bits per heavy atom. The van der Waals surface area contributed by atoms with Crippen molar-refractivity contribution < 1.29 is 22.8 Å². The Balaban J connectivity index is 1.53. The maximum absolute atomic E-state index is 15.0. The third-order valence-electron chi connectivity index (χ3n) is 5.40. The molecule has 0 bridgehead atoms. The number of methoxy groups -OCH3 is 1. The van der Waals surface area contributed by atoms with Gasteiger partial charge in [0.15, 0.2) is 0 Å². The van der Waals surface area contributed by atoms with E-state index in [0.717, 1.165) is 5.56 Å². The predicted molar refractivity (Wildman–Crippen MR) is 115 cm³/mol. The first-order chi connectivity index (χ1) is 15.7. The van der Waals surface area contributed by atoms with Gasteiger partial charge in [-0.3, -0.25) is 0 Å². The Hall–Kier alpha value is -3.72. The summed E-state index contributed by atoms with van der Waals surface area (Å²) in [6.07, 6.45) is 0. The number of hydrogen-bond acceptors (Lipinski definition) is 8. The Kier molecular flexibility index (Phi) is 5.32. The van der Waals surface area contributed by atoms with Crippen LogP contribution in [0.2, 0.25) is 0 Å². The fourth-order valence-electron chi connectivity index (χ4n) is 3.78. The molecule has 1 saturated heterocycles. The number of hydrogen-bond donors (Lipinski definition) is 0. The van der Waals surface area contributed by atoms with Crippen LogP contribution in [0.3, 0.4) is 0 Å². The highest BCUT2D eigenvalue weighted by Crippen LogP contribution is 2.38. The molecule has 1 aliphatic rings. The van der Waals surface area contributed by atoms with Crippen molar-refractivity contribution in [3.63, 3.8) is 0 Å². The van der Waals surface area contributed by atoms with Gasteiger partial charge in [0, 0.05) is 24.7 Å². The van der Waals surface area contributed by atoms with E-state index in [1.54, 1.807) is 13.0 Å². The summed E-state index contributed by atoms with van der Waals surface area (Å²) < 4.78 is 37.2. The number of aryl methyl sites for hydroxylation is 1. The molecule has 8 nitrogen and oxygen atoms in total. The zero-order chi connectivity index (χ0) is 22.1. The standard InChI is InChI=1S/C23H21FN4O4/c1-14-20(21(27-32-14)15-6-4-3-5-7-15)23-26-25-22(31-23)16-12-17(24)18(13-19(16)29-2)28-8-10-30-11-9-28/h3-7,12-13H,8-11H2,1-2H3. The molecule has 3 heterocycles. The van der Waals surface area contributed by atoms with E-state index < -0.39 is 5.82 Å². The van der Waals surface area contributed by atoms with Gasteiger partial charge in [-0.25, -0.2) is 4.39 Å². The first-order valence-corrected chi connectivity index (χ1v) is 10.2. The lowest BCUT2D eigenvalue weighted by atomic mass is 10.1. The monoisotopic (exact) mass is 436 g/mol. The lowest BCUT2D eigenvalue weighted by Crippen LogP contribution is -2.36. The number of anilines is 1. The zero-order valence-electron chi connectivity index (χ0n) is 17.7. The average Bonchev–Trinajstić information content (AvgIpc) is 3.46. The van der Waals surface area contributed by atoms with Crippen LogP contribution in [0, 0.1) is 12.7 Å². The van der Waals surface area contributed by atoms with Crippen LogP contribution >= 0.6 is 0 Å². The van der Waals surface area contributed by atoms with Crippen LogP contribution in [-0.4, -0.2) is 48.8 Å². The zero-order valence-corrected chi connectivity index (χ0v) is 17.7. The number of rotatable bonds is 5. The summed E-state index contributed by atoms with van der Waals surface area (Å²) in [5.41, 5.74) is 2.88. The number of nitrogens with zero attached hydrogens (tertiary/aromatic N) is 4. The molecule has 1 aliphatic heterocycles. The van der Waals surface area contributed by atoms with E-state index >= 15 is 4.39 Å². The number of halogens is 1. The molecule has 0 unspecified atom stereocenters. The fraction of sp³-hybridized carbons (Fsp3) is 0.261. The lowest BCUT2D eigenvalue weighted by molar-refractivity contribution is 0.122. The molecule has 0 N–H and O–H groups in total. The number of aromatic nitrogens is 3. The summed E-state index contributed by atoms with van der Waals surface area (Å²) in [6.45, 7) is 4.10. The first kappa shape index (κ1) is 20.2. The molecular weight excluding hydrogens is 415 g/mol. The average molecular weight is 436 g/mol. The molecule has 4 aromatic rings. The van der Waals surface area contributed by atoms with E-state index in [1.165, 1.54) is 13.2 Å². The van der Waals surface area contributed by atoms with E-state index in [0.29, 0.717) is 60.3 Å². The Morgan fingerprint density at radius 3 is 2.53 bits per heavy atom. The van der Waals surface area contributed by atoms with Gasteiger partial charge in [0.2, 0.25) is 0 Å². The molecule has 0 spiro atoms. The van der Waals surface area contributed by atoms with Crippen LogP contribution in [0.5, 0.6) is 5.75 Å². The van der Waals surface area contributed by atoms with Crippen LogP contribution in [0.25, 0.3) is 34.2 Å². The first-order valence-electron chi connectivity index (χ1n) is 10.2. The minimum absolute atomic E-state index is 0.142. The summed E-state index contributed by atoms with van der Waals surface area (Å²) in [5.74, 6) is 0.961. The minimum Gasteiger partial charge on any atom is -0.496 e. The highest BCUT2D eigenvalue weighted by Gasteiger charge is 2.25. The minimum atomic E-state index is -0.395. The van der Waals surface area contributed by atoms with Gasteiger partial charge in [-0.15, -0.1) is 10.2 Å². The van der Waals surface area contributed by atoms with Gasteiger partial charge in [0.05, 0.1) is 31.6 Å². The highest BCUT2D eigenvalue weighted by molar-refractivity contribution is 5.78. The number of ether oxygens (including phenoxy) is 2. The van der Waals surface area contributed by atoms with Crippen LogP contribution in [-0.2, 0) is 4.74 Å². The van der Waals surface area contributed by atoms with Crippen molar-refractivity contribution in [1.82, 2.24) is 15.4 Å². The van der Waals surface area contributed by atoms with Crippen molar-refractivity contribution >= 4 is 5.69 Å². The molecule has 0 atom stereocenters. The van der Waals surface area contributed by atoms with Crippen molar-refractivity contribution in [2.24, 2.45) is 0 Å². The van der Waals surface area contributed by atoms with Gasteiger partial charge in [0.1, 0.15) is 28.6 Å². The summed E-state index contributed by atoms with van der Waals surface area (Å²) in [6, 6.07) is 12.6. The second-order valence-corrected chi connectivity index (χ2v) is 7.34. The molecule has 32 heavy (non-hydrogen) atoms. The van der Waals surface area contributed by atoms with Gasteiger partial charge in [-0.05, 0) is 13.0 Å². The molecule has 164 valence electrons. The van der Waals surface area contributed by atoms with Gasteiger partial charge in [-0.2, -0.15) is 0 Å². The SMILES string of the molecule is COc1cc(N2CCOCC2)c(F)cc1-c1nnc(-c2c(-c3ccccc3)noc2C)o1. The number of morpholine rings is 1. The second kappa shape index (κ2) is 8.43. The van der Waals surface area contributed by atoms with E-state index in [-0.39, 0.29) is 11.8 Å².